The summed E-state index contributed by atoms with van der Waals surface area (Å²) in [6.45, 7) is 1.83. The molecule has 2 fully saturated rings. The van der Waals surface area contributed by atoms with Crippen LogP contribution in [0.1, 0.15) is 40.0 Å². The zero-order valence-corrected chi connectivity index (χ0v) is 14.5. The first-order valence-electron chi connectivity index (χ1n) is 9.07. The van der Waals surface area contributed by atoms with Crippen molar-refractivity contribution < 1.29 is 9.59 Å². The van der Waals surface area contributed by atoms with Gasteiger partial charge in [-0.15, -0.1) is 0 Å². The summed E-state index contributed by atoms with van der Waals surface area (Å²) in [5, 5.41) is 6.26. The third kappa shape index (κ3) is 3.32. The lowest BCUT2D eigenvalue weighted by Gasteiger charge is -2.28. The number of carbonyl (C=O) groups is 2. The fourth-order valence-electron chi connectivity index (χ4n) is 3.89. The number of nitrogens with one attached hydrogen (secondary N) is 2. The normalized spacial score (nSPS) is 21.9. The molecule has 6 nitrogen and oxygen atoms in total. The molecule has 1 aromatic carbocycles. The summed E-state index contributed by atoms with van der Waals surface area (Å²) < 4.78 is 0. The molecule has 6 heteroatoms. The average molecular weight is 350 g/mol. The van der Waals surface area contributed by atoms with Gasteiger partial charge in [-0.05, 0) is 56.1 Å². The molecule has 0 spiro atoms. The van der Waals surface area contributed by atoms with Crippen molar-refractivity contribution in [2.75, 3.05) is 18.4 Å². The highest BCUT2D eigenvalue weighted by Crippen LogP contribution is 2.30. The van der Waals surface area contributed by atoms with Gasteiger partial charge in [-0.1, -0.05) is 6.07 Å². The third-order valence-corrected chi connectivity index (χ3v) is 5.18. The molecule has 134 valence electrons. The van der Waals surface area contributed by atoms with E-state index in [1.165, 1.54) is 6.20 Å². The van der Waals surface area contributed by atoms with Gasteiger partial charge in [0.2, 0.25) is 0 Å². The molecule has 2 N–H and O–H groups in total. The molecule has 2 aliphatic heterocycles. The Kier molecular flexibility index (Phi) is 4.67. The number of fused-ring (bicyclic) bond motifs is 2. The maximum absolute atomic E-state index is 13.1. The van der Waals surface area contributed by atoms with Crippen LogP contribution in [0.4, 0.5) is 5.69 Å². The van der Waals surface area contributed by atoms with Crippen molar-refractivity contribution in [3.8, 4) is 0 Å². The molecule has 26 heavy (non-hydrogen) atoms. The first kappa shape index (κ1) is 16.7. The average Bonchev–Trinajstić information content (AvgIpc) is 2.94. The van der Waals surface area contributed by atoms with Crippen LogP contribution in [0, 0.1) is 0 Å². The second-order valence-corrected chi connectivity index (χ2v) is 6.87. The van der Waals surface area contributed by atoms with Crippen molar-refractivity contribution in [3.63, 3.8) is 0 Å². The van der Waals surface area contributed by atoms with Gasteiger partial charge in [-0.25, -0.2) is 0 Å². The maximum Gasteiger partial charge on any atom is 0.257 e. The molecule has 0 aliphatic carbocycles. The second kappa shape index (κ2) is 7.25. The Bertz CT molecular complexity index is 794. The predicted octanol–water partition coefficient (Wildman–Crippen LogP) is 2.30. The Balaban J connectivity index is 1.52. The quantitative estimate of drug-likeness (QED) is 0.891. The Morgan fingerprint density at radius 3 is 2.77 bits per heavy atom. The summed E-state index contributed by atoms with van der Waals surface area (Å²) in [6, 6.07) is 11.2. The highest BCUT2D eigenvalue weighted by molar-refractivity contribution is 6.05. The van der Waals surface area contributed by atoms with Crippen LogP contribution in [-0.4, -0.2) is 46.9 Å². The largest absolute Gasteiger partial charge is 0.331 e. The van der Waals surface area contributed by atoms with Gasteiger partial charge < -0.3 is 15.5 Å². The highest BCUT2D eigenvalue weighted by atomic mass is 16.2. The minimum atomic E-state index is -0.234. The molecular weight excluding hydrogens is 328 g/mol. The van der Waals surface area contributed by atoms with Crippen molar-refractivity contribution in [1.29, 1.82) is 0 Å². The fourth-order valence-corrected chi connectivity index (χ4v) is 3.89. The predicted molar refractivity (Wildman–Crippen MR) is 99.1 cm³/mol. The lowest BCUT2D eigenvalue weighted by molar-refractivity contribution is 0.0680. The van der Waals surface area contributed by atoms with Gasteiger partial charge in [0, 0.05) is 42.3 Å². The Labute approximate surface area is 152 Å². The molecule has 0 radical (unpaired) electrons. The first-order valence-corrected chi connectivity index (χ1v) is 9.07. The standard InChI is InChI=1S/C20H22N4O2/c25-19(15-4-2-9-21-12-15)23-16-5-1-3-14(11-16)20(26)24-17-6-7-18(24)13-22-10-8-17/h1-5,9,11-12,17-18,22H,6-8,10,13H2,(H,23,25). The van der Waals surface area contributed by atoms with Crippen LogP contribution in [-0.2, 0) is 0 Å². The Morgan fingerprint density at radius 1 is 1.08 bits per heavy atom. The first-order chi connectivity index (χ1) is 12.7. The summed E-state index contributed by atoms with van der Waals surface area (Å²) in [5.74, 6) is -0.180. The van der Waals surface area contributed by atoms with Crippen molar-refractivity contribution in [2.24, 2.45) is 0 Å². The van der Waals surface area contributed by atoms with Gasteiger partial charge in [-0.2, -0.15) is 0 Å². The molecule has 4 rings (SSSR count). The van der Waals surface area contributed by atoms with Crippen molar-refractivity contribution >= 4 is 17.5 Å². The van der Waals surface area contributed by atoms with E-state index in [4.69, 9.17) is 0 Å². The number of hydrogen-bond acceptors (Lipinski definition) is 4. The van der Waals surface area contributed by atoms with E-state index in [2.05, 4.69) is 15.6 Å². The molecule has 2 aliphatic rings. The molecule has 3 heterocycles. The van der Waals surface area contributed by atoms with E-state index in [1.807, 2.05) is 17.0 Å². The summed E-state index contributed by atoms with van der Waals surface area (Å²) in [7, 11) is 0. The van der Waals surface area contributed by atoms with Crippen molar-refractivity contribution in [1.82, 2.24) is 15.2 Å². The molecule has 2 saturated heterocycles. The van der Waals surface area contributed by atoms with Gasteiger partial charge in [0.25, 0.3) is 11.8 Å². The topological polar surface area (TPSA) is 74.3 Å². The van der Waals surface area contributed by atoms with Crippen LogP contribution in [0.2, 0.25) is 0 Å². The Morgan fingerprint density at radius 2 is 1.92 bits per heavy atom. The SMILES string of the molecule is O=C(Nc1cccc(C(=O)N2C3CCNCC2CC3)c1)c1cccnc1. The van der Waals surface area contributed by atoms with E-state index in [9.17, 15) is 9.59 Å². The van der Waals surface area contributed by atoms with Crippen molar-refractivity contribution in [3.05, 3.63) is 59.9 Å². The lowest BCUT2D eigenvalue weighted by atomic mass is 10.1. The van der Waals surface area contributed by atoms with Crippen LogP contribution >= 0.6 is 0 Å². The molecule has 1 aromatic heterocycles. The van der Waals surface area contributed by atoms with Gasteiger partial charge in [-0.3, -0.25) is 14.6 Å². The van der Waals surface area contributed by atoms with E-state index in [0.29, 0.717) is 22.9 Å². The van der Waals surface area contributed by atoms with Crippen LogP contribution < -0.4 is 10.6 Å². The van der Waals surface area contributed by atoms with Crippen LogP contribution in [0.5, 0.6) is 0 Å². The summed E-state index contributed by atoms with van der Waals surface area (Å²) >= 11 is 0. The second-order valence-electron chi connectivity index (χ2n) is 6.87. The minimum absolute atomic E-state index is 0.0543. The van der Waals surface area contributed by atoms with E-state index in [0.717, 1.165) is 32.4 Å². The molecule has 2 unspecified atom stereocenters. The molecule has 2 bridgehead atoms. The fraction of sp³-hybridized carbons (Fsp3) is 0.350. The summed E-state index contributed by atoms with van der Waals surface area (Å²) in [6.07, 6.45) is 6.28. The number of aromatic nitrogens is 1. The maximum atomic E-state index is 13.1. The highest BCUT2D eigenvalue weighted by Gasteiger charge is 2.38. The summed E-state index contributed by atoms with van der Waals surface area (Å²) in [5.41, 5.74) is 1.72. The lowest BCUT2D eigenvalue weighted by Crippen LogP contribution is -2.42. The van der Waals surface area contributed by atoms with Gasteiger partial charge >= 0.3 is 0 Å². The molecule has 2 aromatic rings. The van der Waals surface area contributed by atoms with Gasteiger partial charge in [0.05, 0.1) is 5.56 Å². The molecule has 2 atom stereocenters. The van der Waals surface area contributed by atoms with E-state index < -0.39 is 0 Å². The number of rotatable bonds is 3. The molecular formula is C20H22N4O2. The number of pyridine rings is 1. The van der Waals surface area contributed by atoms with Gasteiger partial charge in [0.1, 0.15) is 0 Å². The number of hydrogen-bond donors (Lipinski definition) is 2. The van der Waals surface area contributed by atoms with E-state index >= 15 is 0 Å². The van der Waals surface area contributed by atoms with Crippen LogP contribution in [0.25, 0.3) is 0 Å². The van der Waals surface area contributed by atoms with Crippen LogP contribution in [0.15, 0.2) is 48.8 Å². The van der Waals surface area contributed by atoms with E-state index in [1.54, 1.807) is 30.5 Å². The smallest absolute Gasteiger partial charge is 0.257 e. The number of nitrogens with zero attached hydrogens (tertiary/aromatic N) is 2. The zero-order chi connectivity index (χ0) is 17.9. The zero-order valence-electron chi connectivity index (χ0n) is 14.5. The van der Waals surface area contributed by atoms with Crippen LogP contribution in [0.3, 0.4) is 0 Å². The molecule has 0 saturated carbocycles. The van der Waals surface area contributed by atoms with E-state index in [-0.39, 0.29) is 17.9 Å². The monoisotopic (exact) mass is 350 g/mol. The summed E-state index contributed by atoms with van der Waals surface area (Å²) in [4.78, 5) is 31.4. The number of amides is 2. The number of anilines is 1. The van der Waals surface area contributed by atoms with Gasteiger partial charge in [0.15, 0.2) is 0 Å². The number of benzene rings is 1. The van der Waals surface area contributed by atoms with Crippen molar-refractivity contribution in [2.45, 2.75) is 31.3 Å². The Hall–Kier alpha value is -2.73. The molecule has 2 amide bonds. The third-order valence-electron chi connectivity index (χ3n) is 5.18. The minimum Gasteiger partial charge on any atom is -0.331 e. The number of carbonyl (C=O) groups excluding carboxylic acids is 2.